The van der Waals surface area contributed by atoms with E-state index in [1.165, 1.54) is 0 Å². The standard InChI is InChI=1S/C22H17N5O2/c1-29-16-6-7-18-17(11-16)22(27-21(26-18)14-3-2-8-23-12-14)24-15-5-4-13-9-20(28)25-19(13)10-15/h2-8,10-12H,9H2,1H3,(H,25,28)(H,24,26,27). The van der Waals surface area contributed by atoms with Gasteiger partial charge in [0.25, 0.3) is 0 Å². The fourth-order valence-corrected chi connectivity index (χ4v) is 3.38. The first kappa shape index (κ1) is 17.1. The number of amides is 1. The van der Waals surface area contributed by atoms with Crippen LogP contribution in [0.5, 0.6) is 5.75 Å². The highest BCUT2D eigenvalue weighted by molar-refractivity contribution is 6.00. The van der Waals surface area contributed by atoms with Crippen molar-refractivity contribution < 1.29 is 9.53 Å². The van der Waals surface area contributed by atoms with E-state index < -0.39 is 0 Å². The second kappa shape index (κ2) is 6.87. The Balaban J connectivity index is 1.62. The lowest BCUT2D eigenvalue weighted by atomic mass is 10.1. The van der Waals surface area contributed by atoms with Gasteiger partial charge in [-0.05, 0) is 48.0 Å². The Labute approximate surface area is 166 Å². The summed E-state index contributed by atoms with van der Waals surface area (Å²) in [6, 6.07) is 15.3. The maximum absolute atomic E-state index is 11.6. The van der Waals surface area contributed by atoms with Crippen molar-refractivity contribution in [3.05, 3.63) is 66.5 Å². The number of rotatable bonds is 4. The highest BCUT2D eigenvalue weighted by atomic mass is 16.5. The Hall–Kier alpha value is -4.00. The van der Waals surface area contributed by atoms with E-state index in [9.17, 15) is 4.79 Å². The number of pyridine rings is 1. The number of nitrogens with one attached hydrogen (secondary N) is 2. The molecule has 2 aromatic heterocycles. The third-order valence-electron chi connectivity index (χ3n) is 4.82. The number of methoxy groups -OCH3 is 1. The van der Waals surface area contributed by atoms with E-state index in [1.54, 1.807) is 19.5 Å². The summed E-state index contributed by atoms with van der Waals surface area (Å²) < 4.78 is 5.37. The van der Waals surface area contributed by atoms with E-state index in [0.29, 0.717) is 18.1 Å². The van der Waals surface area contributed by atoms with Crippen molar-refractivity contribution in [3.8, 4) is 17.1 Å². The van der Waals surface area contributed by atoms with Crippen molar-refractivity contribution in [2.75, 3.05) is 17.7 Å². The summed E-state index contributed by atoms with van der Waals surface area (Å²) in [6.45, 7) is 0. The van der Waals surface area contributed by atoms with Crippen molar-refractivity contribution in [2.24, 2.45) is 0 Å². The van der Waals surface area contributed by atoms with Crippen LogP contribution in [0.2, 0.25) is 0 Å². The molecule has 1 aliphatic heterocycles. The van der Waals surface area contributed by atoms with Crippen LogP contribution in [0.4, 0.5) is 17.2 Å². The summed E-state index contributed by atoms with van der Waals surface area (Å²) in [5, 5.41) is 7.09. The summed E-state index contributed by atoms with van der Waals surface area (Å²) in [4.78, 5) is 25.2. The van der Waals surface area contributed by atoms with E-state index in [1.807, 2.05) is 48.5 Å². The van der Waals surface area contributed by atoms with Crippen LogP contribution in [0.1, 0.15) is 5.56 Å². The average Bonchev–Trinajstić information content (AvgIpc) is 3.13. The number of aromatic nitrogens is 3. The van der Waals surface area contributed by atoms with Crippen LogP contribution in [0.25, 0.3) is 22.3 Å². The molecular formula is C22H17N5O2. The second-order valence-corrected chi connectivity index (χ2v) is 6.74. The number of hydrogen-bond donors (Lipinski definition) is 2. The molecule has 0 spiro atoms. The first-order chi connectivity index (χ1) is 14.2. The Morgan fingerprint density at radius 2 is 2.03 bits per heavy atom. The third-order valence-corrected chi connectivity index (χ3v) is 4.82. The molecule has 7 heteroatoms. The predicted molar refractivity (Wildman–Crippen MR) is 111 cm³/mol. The van der Waals surface area contributed by atoms with Gasteiger partial charge in [-0.25, -0.2) is 9.97 Å². The fourth-order valence-electron chi connectivity index (χ4n) is 3.38. The molecule has 0 fully saturated rings. The molecule has 29 heavy (non-hydrogen) atoms. The lowest BCUT2D eigenvalue weighted by Crippen LogP contribution is -2.03. The Morgan fingerprint density at radius 1 is 1.10 bits per heavy atom. The van der Waals surface area contributed by atoms with Crippen LogP contribution in [-0.2, 0) is 11.2 Å². The minimum absolute atomic E-state index is 0.00763. The summed E-state index contributed by atoms with van der Waals surface area (Å²) in [5.41, 5.74) is 4.26. The lowest BCUT2D eigenvalue weighted by Gasteiger charge is -2.13. The molecule has 0 radical (unpaired) electrons. The molecule has 3 heterocycles. The van der Waals surface area contributed by atoms with E-state index in [-0.39, 0.29) is 5.91 Å². The molecule has 0 atom stereocenters. The van der Waals surface area contributed by atoms with Crippen molar-refractivity contribution in [2.45, 2.75) is 6.42 Å². The molecule has 0 bridgehead atoms. The van der Waals surface area contributed by atoms with Gasteiger partial charge in [0, 0.05) is 34.7 Å². The number of fused-ring (bicyclic) bond motifs is 2. The molecule has 2 aromatic carbocycles. The van der Waals surface area contributed by atoms with Crippen molar-refractivity contribution in [1.29, 1.82) is 0 Å². The van der Waals surface area contributed by atoms with Crippen LogP contribution in [-0.4, -0.2) is 28.0 Å². The van der Waals surface area contributed by atoms with Gasteiger partial charge in [0.15, 0.2) is 5.82 Å². The van der Waals surface area contributed by atoms with Crippen LogP contribution in [0, 0.1) is 0 Å². The molecule has 0 unspecified atom stereocenters. The van der Waals surface area contributed by atoms with E-state index in [2.05, 4.69) is 20.6 Å². The summed E-state index contributed by atoms with van der Waals surface area (Å²) >= 11 is 0. The average molecular weight is 383 g/mol. The molecule has 4 aromatic rings. The number of carbonyl (C=O) groups is 1. The molecular weight excluding hydrogens is 366 g/mol. The number of anilines is 3. The number of carbonyl (C=O) groups excluding carboxylic acids is 1. The molecule has 0 saturated heterocycles. The van der Waals surface area contributed by atoms with Crippen LogP contribution in [0.3, 0.4) is 0 Å². The summed E-state index contributed by atoms with van der Waals surface area (Å²) in [6.07, 6.45) is 3.86. The minimum Gasteiger partial charge on any atom is -0.497 e. The van der Waals surface area contributed by atoms with E-state index in [0.717, 1.165) is 39.2 Å². The SMILES string of the molecule is COc1ccc2nc(-c3cccnc3)nc(Nc3ccc4c(c3)NC(=O)C4)c2c1. The van der Waals surface area contributed by atoms with Gasteiger partial charge in [0.2, 0.25) is 5.91 Å². The van der Waals surface area contributed by atoms with Crippen LogP contribution in [0.15, 0.2) is 60.9 Å². The van der Waals surface area contributed by atoms with Gasteiger partial charge in [-0.1, -0.05) is 6.07 Å². The fraction of sp³-hybridized carbons (Fsp3) is 0.0909. The monoisotopic (exact) mass is 383 g/mol. The van der Waals surface area contributed by atoms with E-state index >= 15 is 0 Å². The predicted octanol–water partition coefficient (Wildman–Crippen LogP) is 3.94. The van der Waals surface area contributed by atoms with Crippen LogP contribution < -0.4 is 15.4 Å². The zero-order valence-corrected chi connectivity index (χ0v) is 15.6. The van der Waals surface area contributed by atoms with Gasteiger partial charge in [0.05, 0.1) is 19.0 Å². The number of ether oxygens (including phenoxy) is 1. The zero-order chi connectivity index (χ0) is 19.8. The Bertz CT molecular complexity index is 1240. The molecule has 1 aliphatic rings. The first-order valence-corrected chi connectivity index (χ1v) is 9.15. The van der Waals surface area contributed by atoms with Crippen molar-refractivity contribution in [3.63, 3.8) is 0 Å². The highest BCUT2D eigenvalue weighted by Gasteiger charge is 2.18. The molecule has 1 amide bonds. The Kier molecular flexibility index (Phi) is 4.05. The smallest absolute Gasteiger partial charge is 0.228 e. The van der Waals surface area contributed by atoms with Crippen molar-refractivity contribution in [1.82, 2.24) is 15.0 Å². The summed E-state index contributed by atoms with van der Waals surface area (Å²) in [5.74, 6) is 1.96. The van der Waals surface area contributed by atoms with Gasteiger partial charge in [-0.15, -0.1) is 0 Å². The second-order valence-electron chi connectivity index (χ2n) is 6.74. The number of nitrogens with zero attached hydrogens (tertiary/aromatic N) is 3. The molecule has 0 saturated carbocycles. The molecule has 0 aliphatic carbocycles. The normalized spacial score (nSPS) is 12.5. The maximum atomic E-state index is 11.6. The molecule has 2 N–H and O–H groups in total. The van der Waals surface area contributed by atoms with Gasteiger partial charge in [-0.3, -0.25) is 9.78 Å². The van der Waals surface area contributed by atoms with Gasteiger partial charge in [-0.2, -0.15) is 0 Å². The molecule has 142 valence electrons. The van der Waals surface area contributed by atoms with Gasteiger partial charge < -0.3 is 15.4 Å². The minimum atomic E-state index is 0.00763. The quantitative estimate of drug-likeness (QED) is 0.555. The van der Waals surface area contributed by atoms with Crippen LogP contribution >= 0.6 is 0 Å². The molecule has 7 nitrogen and oxygen atoms in total. The lowest BCUT2D eigenvalue weighted by molar-refractivity contribution is -0.115. The van der Waals surface area contributed by atoms with Gasteiger partial charge in [0.1, 0.15) is 11.6 Å². The molecule has 5 rings (SSSR count). The zero-order valence-electron chi connectivity index (χ0n) is 15.6. The number of hydrogen-bond acceptors (Lipinski definition) is 6. The topological polar surface area (TPSA) is 89.0 Å². The maximum Gasteiger partial charge on any atom is 0.228 e. The number of benzene rings is 2. The first-order valence-electron chi connectivity index (χ1n) is 9.15. The largest absolute Gasteiger partial charge is 0.497 e. The highest BCUT2D eigenvalue weighted by Crippen LogP contribution is 2.32. The summed E-state index contributed by atoms with van der Waals surface area (Å²) in [7, 11) is 1.63. The Morgan fingerprint density at radius 3 is 2.86 bits per heavy atom. The van der Waals surface area contributed by atoms with E-state index in [4.69, 9.17) is 9.72 Å². The third kappa shape index (κ3) is 3.23. The van der Waals surface area contributed by atoms with Gasteiger partial charge >= 0.3 is 0 Å². The van der Waals surface area contributed by atoms with Crippen molar-refractivity contribution >= 4 is 34.0 Å².